The molecule has 290 valence electrons. The molecule has 3 saturated heterocycles. The van der Waals surface area contributed by atoms with Crippen molar-refractivity contribution in [2.75, 3.05) is 24.7 Å². The van der Waals surface area contributed by atoms with Gasteiger partial charge in [0.2, 0.25) is 11.9 Å². The quantitative estimate of drug-likeness (QED) is 0.0752. The molecule has 4 aromatic heterocycles. The first-order valence-corrected chi connectivity index (χ1v) is 24.6. The van der Waals surface area contributed by atoms with E-state index < -0.39 is 88.4 Å². The second-order valence-electron chi connectivity index (χ2n) is 14.5. The number of ether oxygens (including phenoxy) is 2. The minimum atomic E-state index is -4.09. The van der Waals surface area contributed by atoms with Crippen LogP contribution in [0.4, 0.5) is 11.9 Å². The number of nitrogen functional groups attached to an aromatic ring is 2. The number of aromatic amines is 2. The highest BCUT2D eigenvalue weighted by Gasteiger charge is 2.54. The van der Waals surface area contributed by atoms with E-state index in [1.807, 2.05) is 33.9 Å². The second kappa shape index (κ2) is 13.5. The van der Waals surface area contributed by atoms with E-state index in [0.717, 1.165) is 0 Å². The Morgan fingerprint density at radius 1 is 0.943 bits per heavy atom. The monoisotopic (exact) mass is 834 g/mol. The van der Waals surface area contributed by atoms with Crippen molar-refractivity contribution in [3.05, 3.63) is 33.4 Å². The Labute approximate surface area is 311 Å². The summed E-state index contributed by atoms with van der Waals surface area (Å²) < 4.78 is 48.4. The summed E-state index contributed by atoms with van der Waals surface area (Å²) in [5.74, 6) is -0.336. The second-order valence-corrected chi connectivity index (χ2v) is 25.4. The molecular weight excluding hydrogens is 795 g/mol. The predicted octanol–water partition coefficient (Wildman–Crippen LogP) is 0.181. The van der Waals surface area contributed by atoms with Gasteiger partial charge < -0.3 is 44.4 Å². The van der Waals surface area contributed by atoms with Crippen molar-refractivity contribution >= 4 is 80.0 Å². The first-order valence-electron chi connectivity index (χ1n) is 16.3. The third-order valence-electron chi connectivity index (χ3n) is 9.86. The van der Waals surface area contributed by atoms with Crippen LogP contribution in [0.5, 0.6) is 0 Å². The average Bonchev–Trinajstić information content (AvgIpc) is 3.79. The lowest BCUT2D eigenvalue weighted by atomic mass is 10.1. The molecule has 0 amide bonds. The van der Waals surface area contributed by atoms with E-state index in [2.05, 4.69) is 52.3 Å². The van der Waals surface area contributed by atoms with Crippen LogP contribution >= 0.6 is 25.6 Å². The first-order chi connectivity index (χ1) is 24.6. The average molecular weight is 835 g/mol. The van der Waals surface area contributed by atoms with Crippen LogP contribution in [0.2, 0.25) is 18.1 Å². The topological polar surface area (TPSA) is 307 Å². The minimum absolute atomic E-state index is 0.000352. The van der Waals surface area contributed by atoms with Crippen molar-refractivity contribution < 1.29 is 37.5 Å². The van der Waals surface area contributed by atoms with E-state index in [4.69, 9.17) is 46.2 Å². The molecule has 3 aliphatic rings. The molecule has 0 bridgehead atoms. The molecule has 4 aromatic rings. The number of aliphatic hydroxyl groups excluding tert-OH is 1. The fourth-order valence-corrected chi connectivity index (χ4v) is 10.9. The van der Waals surface area contributed by atoms with Crippen LogP contribution in [0.1, 0.15) is 33.2 Å². The van der Waals surface area contributed by atoms with Gasteiger partial charge in [0, 0.05) is 0 Å². The van der Waals surface area contributed by atoms with E-state index in [1.165, 1.54) is 21.8 Å². The summed E-state index contributed by atoms with van der Waals surface area (Å²) in [6, 6.07) is -2.13. The molecule has 10 atom stereocenters. The zero-order valence-electron chi connectivity index (χ0n) is 28.9. The molecule has 22 nitrogen and oxygen atoms in total. The van der Waals surface area contributed by atoms with Gasteiger partial charge in [-0.2, -0.15) is 9.97 Å². The highest BCUT2D eigenvalue weighted by molar-refractivity contribution is 8.45. The van der Waals surface area contributed by atoms with Crippen LogP contribution in [-0.2, 0) is 39.3 Å². The van der Waals surface area contributed by atoms with Gasteiger partial charge in [0.15, 0.2) is 43.1 Å². The summed E-state index contributed by atoms with van der Waals surface area (Å²) >= 11 is 9.92. The Kier molecular flexibility index (Phi) is 9.88. The van der Waals surface area contributed by atoms with Gasteiger partial charge in [-0.15, -0.1) is 0 Å². The van der Waals surface area contributed by atoms with Crippen molar-refractivity contribution in [1.29, 1.82) is 0 Å². The summed E-state index contributed by atoms with van der Waals surface area (Å²) in [4.78, 5) is 58.1. The Morgan fingerprint density at radius 2 is 1.45 bits per heavy atom. The van der Waals surface area contributed by atoms with Gasteiger partial charge in [0.1, 0.15) is 24.4 Å². The van der Waals surface area contributed by atoms with Gasteiger partial charge in [0.05, 0.1) is 38.0 Å². The standard InChI is InChI=1S/C26H40N12O10P2S2Si/c1-26(2,3)53(4,5)48-17-13-11(47-23(17)38-9-30-15-19(38)32-25(28)34-21(15)41)7-45-49(42,51)35-12-10(6-44-50(43,52)36-13)46-22(16(12)39)37-8-29-14-18(37)31-24(27)33-20(14)40/h8-13,16-17,22-23,39H,6-7H2,1-5H3,(H2,35,42,51)(H2,36,43,52)(H3,27,31,33,40)(H3,28,32,34,41)/t10-,11-,12-,13-,16-,17?,22-,23-,49?,50?/m1/s1. The summed E-state index contributed by atoms with van der Waals surface area (Å²) in [5.41, 5.74) is 10.6. The normalized spacial score (nSPS) is 34.5. The number of imidazole rings is 2. The van der Waals surface area contributed by atoms with Gasteiger partial charge in [-0.1, -0.05) is 33.0 Å². The zero-order chi connectivity index (χ0) is 38.4. The van der Waals surface area contributed by atoms with E-state index >= 15 is 0 Å². The maximum atomic E-state index is 14.2. The number of anilines is 2. The van der Waals surface area contributed by atoms with Crippen molar-refractivity contribution in [3.63, 3.8) is 0 Å². The van der Waals surface area contributed by atoms with Gasteiger partial charge in [-0.05, 0) is 29.9 Å². The smallest absolute Gasteiger partial charge is 0.324 e. The summed E-state index contributed by atoms with van der Waals surface area (Å²) in [6.07, 6.45) is -4.21. The number of aliphatic hydroxyl groups is 1. The number of nitrogens with zero attached hydrogens (tertiary/aromatic N) is 6. The molecule has 7 rings (SSSR count). The van der Waals surface area contributed by atoms with E-state index in [9.17, 15) is 24.2 Å². The molecule has 0 radical (unpaired) electrons. The van der Waals surface area contributed by atoms with Crippen LogP contribution in [0.3, 0.4) is 0 Å². The maximum absolute atomic E-state index is 14.2. The largest absolute Gasteiger partial charge is 0.408 e. The van der Waals surface area contributed by atoms with Crippen molar-refractivity contribution in [2.45, 2.75) is 87.9 Å². The van der Waals surface area contributed by atoms with Crippen molar-refractivity contribution in [1.82, 2.24) is 49.2 Å². The van der Waals surface area contributed by atoms with Gasteiger partial charge in [0.25, 0.3) is 17.8 Å². The molecule has 0 saturated carbocycles. The predicted molar refractivity (Wildman–Crippen MR) is 200 cm³/mol. The maximum Gasteiger partial charge on any atom is 0.324 e. The molecule has 3 aliphatic heterocycles. The molecule has 3 fully saturated rings. The molecular formula is C26H40N12O10P2S2Si. The lowest BCUT2D eigenvalue weighted by Gasteiger charge is -2.41. The zero-order valence-corrected chi connectivity index (χ0v) is 33.4. The van der Waals surface area contributed by atoms with Gasteiger partial charge in [-0.3, -0.25) is 33.3 Å². The Balaban J connectivity index is 1.24. The number of rotatable bonds is 4. The number of hydrogen-bond acceptors (Lipinski definition) is 16. The van der Waals surface area contributed by atoms with Crippen LogP contribution < -0.4 is 32.8 Å². The number of aromatic nitrogens is 8. The number of fused-ring (bicyclic) bond motifs is 4. The third-order valence-corrected chi connectivity index (χ3v) is 17.9. The van der Waals surface area contributed by atoms with E-state index in [1.54, 1.807) is 0 Å². The van der Waals surface area contributed by atoms with Crippen LogP contribution in [0, 0.1) is 0 Å². The van der Waals surface area contributed by atoms with Crippen molar-refractivity contribution in [2.24, 2.45) is 0 Å². The first kappa shape index (κ1) is 38.7. The molecule has 3 unspecified atom stereocenters. The SMILES string of the molecule is CC(C)(C)[Si](C)(C)OC1[C@H](n2cnc3c(=O)[nH]c(N)nc32)O[C@@H]2COP(O)(=S)N[C@H]3[C@@H](O)[C@H](n4cnc5c(=O)[nH]c(N)nc54)O[C@@H]3COP(=O)(S)N[C@@H]12. The Morgan fingerprint density at radius 3 is 2.02 bits per heavy atom. The summed E-state index contributed by atoms with van der Waals surface area (Å²) in [6.45, 7) is 1.31. The highest BCUT2D eigenvalue weighted by Crippen LogP contribution is 2.53. The highest BCUT2D eigenvalue weighted by atomic mass is 32.7. The molecule has 53 heavy (non-hydrogen) atoms. The van der Waals surface area contributed by atoms with Crippen molar-refractivity contribution in [3.8, 4) is 0 Å². The van der Waals surface area contributed by atoms with Crippen LogP contribution in [0.15, 0.2) is 22.2 Å². The van der Waals surface area contributed by atoms with Gasteiger partial charge >= 0.3 is 6.72 Å². The molecule has 27 heteroatoms. The molecule has 0 spiro atoms. The molecule has 0 aromatic carbocycles. The fourth-order valence-electron chi connectivity index (χ4n) is 6.23. The lowest BCUT2D eigenvalue weighted by Crippen LogP contribution is -2.52. The lowest BCUT2D eigenvalue weighted by molar-refractivity contribution is -0.0460. The van der Waals surface area contributed by atoms with Crippen LogP contribution in [-0.4, -0.2) is 107 Å². The van der Waals surface area contributed by atoms with Crippen LogP contribution in [0.25, 0.3) is 22.3 Å². The Bertz CT molecular complexity index is 2280. The number of nitrogens with two attached hydrogens (primary N) is 2. The molecule has 10 N–H and O–H groups in total. The number of thiol groups is 1. The van der Waals surface area contributed by atoms with Gasteiger partial charge in [-0.25, -0.2) is 20.1 Å². The Hall–Kier alpha value is -2.61. The fraction of sp³-hybridized carbons (Fsp3) is 0.615. The van der Waals surface area contributed by atoms with E-state index in [-0.39, 0.29) is 45.9 Å². The van der Waals surface area contributed by atoms with E-state index in [0.29, 0.717) is 0 Å². The summed E-state index contributed by atoms with van der Waals surface area (Å²) in [5, 5.41) is 17.0. The molecule has 0 aliphatic carbocycles. The number of H-pyrrole nitrogens is 2. The minimum Gasteiger partial charge on any atom is -0.408 e. The molecule has 7 heterocycles. The number of hydrogen-bond donors (Lipinski definition) is 9. The third kappa shape index (κ3) is 7.28. The summed E-state index contributed by atoms with van der Waals surface area (Å²) in [7, 11) is -2.65. The number of nitrogens with one attached hydrogen (secondary N) is 4.